The van der Waals surface area contributed by atoms with Gasteiger partial charge in [0.15, 0.2) is 5.65 Å². The summed E-state index contributed by atoms with van der Waals surface area (Å²) in [4.78, 5) is 8.31. The maximum absolute atomic E-state index is 14.0. The summed E-state index contributed by atoms with van der Waals surface area (Å²) in [6.07, 6.45) is 3.00. The average molecular weight is 292 g/mol. The van der Waals surface area contributed by atoms with E-state index >= 15 is 0 Å². The number of halogens is 2. The van der Waals surface area contributed by atoms with E-state index < -0.39 is 5.82 Å². The molecule has 2 heterocycles. The van der Waals surface area contributed by atoms with Crippen molar-refractivity contribution in [2.45, 2.75) is 6.92 Å². The first-order chi connectivity index (χ1) is 9.72. The van der Waals surface area contributed by atoms with Crippen LogP contribution >= 0.6 is 11.6 Å². The second-order valence-corrected chi connectivity index (χ2v) is 4.52. The normalized spacial score (nSPS) is 10.9. The van der Waals surface area contributed by atoms with Gasteiger partial charge < -0.3 is 5.32 Å². The maximum Gasteiger partial charge on any atom is 0.168 e. The lowest BCUT2D eigenvalue weighted by Crippen LogP contribution is -2.03. The van der Waals surface area contributed by atoms with E-state index in [2.05, 4.69) is 20.4 Å². The van der Waals surface area contributed by atoms with E-state index in [0.717, 1.165) is 6.54 Å². The van der Waals surface area contributed by atoms with Crippen molar-refractivity contribution in [3.8, 4) is 5.69 Å². The molecule has 0 saturated heterocycles. The second-order valence-electron chi connectivity index (χ2n) is 4.12. The van der Waals surface area contributed by atoms with E-state index in [9.17, 15) is 4.39 Å². The van der Waals surface area contributed by atoms with Gasteiger partial charge in [0.05, 0.1) is 16.6 Å². The summed E-state index contributed by atoms with van der Waals surface area (Å²) in [5.74, 6) is 0.210. The summed E-state index contributed by atoms with van der Waals surface area (Å²) in [6, 6.07) is 4.49. The summed E-state index contributed by atoms with van der Waals surface area (Å²) >= 11 is 6.06. The number of hydrogen-bond donors (Lipinski definition) is 1. The van der Waals surface area contributed by atoms with Crippen molar-refractivity contribution >= 4 is 28.5 Å². The van der Waals surface area contributed by atoms with Crippen molar-refractivity contribution < 1.29 is 4.39 Å². The Labute approximate surface area is 119 Å². The van der Waals surface area contributed by atoms with Crippen LogP contribution in [-0.4, -0.2) is 26.3 Å². The first kappa shape index (κ1) is 12.8. The van der Waals surface area contributed by atoms with E-state index in [1.54, 1.807) is 18.3 Å². The Bertz CT molecular complexity index is 750. The number of fused-ring (bicyclic) bond motifs is 1. The minimum atomic E-state index is -0.453. The molecule has 0 radical (unpaired) electrons. The van der Waals surface area contributed by atoms with Crippen LogP contribution in [0.1, 0.15) is 6.92 Å². The standard InChI is InChI=1S/C13H11ClFN5/c1-2-16-12-8-6-19-20(13(8)18-7-17-12)11-9(14)4-3-5-10(11)15/h3-7H,2H2,1H3,(H,16,17,18). The van der Waals surface area contributed by atoms with E-state index in [1.807, 2.05) is 6.92 Å². The third-order valence-corrected chi connectivity index (χ3v) is 3.16. The Morgan fingerprint density at radius 2 is 2.20 bits per heavy atom. The fourth-order valence-electron chi connectivity index (χ4n) is 2.01. The molecule has 3 aromatic rings. The van der Waals surface area contributed by atoms with Crippen LogP contribution in [0.2, 0.25) is 5.02 Å². The predicted molar refractivity (Wildman–Crippen MR) is 75.8 cm³/mol. The fraction of sp³-hybridized carbons (Fsp3) is 0.154. The molecule has 7 heteroatoms. The molecule has 0 fully saturated rings. The molecule has 102 valence electrons. The number of nitrogens with zero attached hydrogens (tertiary/aromatic N) is 4. The van der Waals surface area contributed by atoms with Gasteiger partial charge in [-0.2, -0.15) is 5.10 Å². The number of rotatable bonds is 3. The number of hydrogen-bond acceptors (Lipinski definition) is 4. The Hall–Kier alpha value is -2.21. The molecule has 0 aliphatic rings. The molecule has 20 heavy (non-hydrogen) atoms. The lowest BCUT2D eigenvalue weighted by atomic mass is 10.3. The first-order valence-electron chi connectivity index (χ1n) is 6.09. The summed E-state index contributed by atoms with van der Waals surface area (Å²) < 4.78 is 15.4. The van der Waals surface area contributed by atoms with Crippen LogP contribution in [0, 0.1) is 5.82 Å². The monoisotopic (exact) mass is 291 g/mol. The molecule has 5 nitrogen and oxygen atoms in total. The number of para-hydroxylation sites is 1. The van der Waals surface area contributed by atoms with Gasteiger partial charge >= 0.3 is 0 Å². The number of anilines is 1. The molecule has 0 amide bonds. The summed E-state index contributed by atoms with van der Waals surface area (Å²) in [6.45, 7) is 2.68. The second kappa shape index (κ2) is 5.05. The highest BCUT2D eigenvalue weighted by atomic mass is 35.5. The van der Waals surface area contributed by atoms with Crippen LogP contribution in [0.15, 0.2) is 30.7 Å². The van der Waals surface area contributed by atoms with Crippen molar-refractivity contribution in [2.24, 2.45) is 0 Å². The molecule has 0 saturated carbocycles. The zero-order chi connectivity index (χ0) is 14.1. The van der Waals surface area contributed by atoms with Crippen LogP contribution in [-0.2, 0) is 0 Å². The molecule has 0 bridgehead atoms. The molecule has 0 aliphatic carbocycles. The summed E-state index contributed by atoms with van der Waals surface area (Å²) in [5.41, 5.74) is 0.688. The van der Waals surface area contributed by atoms with Gasteiger partial charge in [-0.3, -0.25) is 0 Å². The van der Waals surface area contributed by atoms with E-state index in [1.165, 1.54) is 17.1 Å². The number of aromatic nitrogens is 4. The summed E-state index contributed by atoms with van der Waals surface area (Å²) in [5, 5.41) is 8.29. The molecule has 0 unspecified atom stereocenters. The molecular weight excluding hydrogens is 281 g/mol. The molecular formula is C13H11ClFN5. The van der Waals surface area contributed by atoms with Crippen molar-refractivity contribution in [1.82, 2.24) is 19.7 Å². The number of benzene rings is 1. The highest BCUT2D eigenvalue weighted by Gasteiger charge is 2.15. The van der Waals surface area contributed by atoms with Gasteiger partial charge in [0.25, 0.3) is 0 Å². The van der Waals surface area contributed by atoms with Gasteiger partial charge in [0.1, 0.15) is 23.6 Å². The average Bonchev–Trinajstić information content (AvgIpc) is 2.84. The highest BCUT2D eigenvalue weighted by molar-refractivity contribution is 6.32. The quantitative estimate of drug-likeness (QED) is 0.806. The minimum absolute atomic E-state index is 0.185. The van der Waals surface area contributed by atoms with Crippen LogP contribution in [0.25, 0.3) is 16.7 Å². The third-order valence-electron chi connectivity index (χ3n) is 2.86. The van der Waals surface area contributed by atoms with Crippen molar-refractivity contribution in [2.75, 3.05) is 11.9 Å². The van der Waals surface area contributed by atoms with Gasteiger partial charge in [-0.05, 0) is 19.1 Å². The van der Waals surface area contributed by atoms with Crippen molar-refractivity contribution in [1.29, 1.82) is 0 Å². The Balaban J connectivity index is 2.26. The van der Waals surface area contributed by atoms with Crippen LogP contribution in [0.4, 0.5) is 10.2 Å². The van der Waals surface area contributed by atoms with E-state index in [-0.39, 0.29) is 10.7 Å². The third kappa shape index (κ3) is 1.98. The molecule has 0 spiro atoms. The fourth-order valence-corrected chi connectivity index (χ4v) is 2.25. The molecule has 0 aliphatic heterocycles. The van der Waals surface area contributed by atoms with E-state index in [0.29, 0.717) is 16.9 Å². The summed E-state index contributed by atoms with van der Waals surface area (Å²) in [7, 11) is 0. The minimum Gasteiger partial charge on any atom is -0.370 e. The Morgan fingerprint density at radius 3 is 2.95 bits per heavy atom. The van der Waals surface area contributed by atoms with Gasteiger partial charge in [-0.1, -0.05) is 17.7 Å². The van der Waals surface area contributed by atoms with Gasteiger partial charge in [0.2, 0.25) is 0 Å². The maximum atomic E-state index is 14.0. The molecule has 0 atom stereocenters. The Morgan fingerprint density at radius 1 is 1.35 bits per heavy atom. The van der Waals surface area contributed by atoms with Crippen LogP contribution < -0.4 is 5.32 Å². The SMILES string of the molecule is CCNc1ncnc2c1cnn2-c1c(F)cccc1Cl. The Kier molecular flexibility index (Phi) is 3.23. The first-order valence-corrected chi connectivity index (χ1v) is 6.47. The lowest BCUT2D eigenvalue weighted by Gasteiger charge is -2.07. The van der Waals surface area contributed by atoms with Crippen LogP contribution in [0.5, 0.6) is 0 Å². The van der Waals surface area contributed by atoms with Crippen molar-refractivity contribution in [3.05, 3.63) is 41.6 Å². The van der Waals surface area contributed by atoms with Gasteiger partial charge in [-0.15, -0.1) is 0 Å². The smallest absolute Gasteiger partial charge is 0.168 e. The zero-order valence-electron chi connectivity index (χ0n) is 10.6. The highest BCUT2D eigenvalue weighted by Crippen LogP contribution is 2.27. The topological polar surface area (TPSA) is 55.6 Å². The molecule has 3 rings (SSSR count). The lowest BCUT2D eigenvalue weighted by molar-refractivity contribution is 0.612. The molecule has 1 aromatic carbocycles. The molecule has 1 N–H and O–H groups in total. The van der Waals surface area contributed by atoms with Crippen LogP contribution in [0.3, 0.4) is 0 Å². The van der Waals surface area contributed by atoms with Gasteiger partial charge in [-0.25, -0.2) is 19.0 Å². The van der Waals surface area contributed by atoms with E-state index in [4.69, 9.17) is 11.6 Å². The van der Waals surface area contributed by atoms with Gasteiger partial charge in [0, 0.05) is 6.54 Å². The van der Waals surface area contributed by atoms with Crippen molar-refractivity contribution in [3.63, 3.8) is 0 Å². The predicted octanol–water partition coefficient (Wildman–Crippen LogP) is 3.04. The molecule has 2 aromatic heterocycles. The number of nitrogens with one attached hydrogen (secondary N) is 1. The largest absolute Gasteiger partial charge is 0.370 e. The zero-order valence-corrected chi connectivity index (χ0v) is 11.4.